The molecule has 3 aromatic carbocycles. The Morgan fingerprint density at radius 1 is 0.642 bits per heavy atom. The maximum absolute atomic E-state index is 12.4. The van der Waals surface area contributed by atoms with Crippen LogP contribution in [-0.2, 0) is 33.4 Å². The SMILES string of the molecule is C=CC(=O)OCCCCCCOc1ccc(-c2ccc(/C=C/C(=O)Oc3ccc(OCCOC(=O)C(=C)CC(=O)OC4CCCCC4)cc3)cc2)cc1. The fourth-order valence-electron chi connectivity index (χ4n) is 5.48. The molecule has 1 aliphatic carbocycles. The van der Waals surface area contributed by atoms with E-state index < -0.39 is 17.9 Å². The summed E-state index contributed by atoms with van der Waals surface area (Å²) >= 11 is 0. The van der Waals surface area contributed by atoms with Crippen LogP contribution in [-0.4, -0.2) is 56.4 Å². The summed E-state index contributed by atoms with van der Waals surface area (Å²) in [6.07, 6.45) is 12.6. The summed E-state index contributed by atoms with van der Waals surface area (Å²) in [7, 11) is 0. The summed E-state index contributed by atoms with van der Waals surface area (Å²) in [5.41, 5.74) is 2.96. The number of ether oxygens (including phenoxy) is 6. The molecule has 0 unspecified atom stereocenters. The highest BCUT2D eigenvalue weighted by Gasteiger charge is 2.20. The molecule has 0 N–H and O–H groups in total. The minimum Gasteiger partial charge on any atom is -0.494 e. The monoisotopic (exact) mass is 724 g/mol. The third-order valence-electron chi connectivity index (χ3n) is 8.35. The molecule has 0 spiro atoms. The summed E-state index contributed by atoms with van der Waals surface area (Å²) < 4.78 is 32.4. The van der Waals surface area contributed by atoms with Crippen LogP contribution in [0.3, 0.4) is 0 Å². The molecule has 3 aromatic rings. The van der Waals surface area contributed by atoms with Crippen molar-refractivity contribution < 1.29 is 47.6 Å². The molecule has 4 rings (SSSR count). The van der Waals surface area contributed by atoms with Gasteiger partial charge in [0.15, 0.2) is 0 Å². The van der Waals surface area contributed by atoms with Gasteiger partial charge in [-0.3, -0.25) is 4.79 Å². The molecule has 10 nitrogen and oxygen atoms in total. The van der Waals surface area contributed by atoms with Crippen molar-refractivity contribution in [2.75, 3.05) is 26.4 Å². The molecular weight excluding hydrogens is 676 g/mol. The van der Waals surface area contributed by atoms with E-state index in [0.717, 1.165) is 80.2 Å². The van der Waals surface area contributed by atoms with Gasteiger partial charge in [-0.15, -0.1) is 0 Å². The summed E-state index contributed by atoms with van der Waals surface area (Å²) in [5, 5.41) is 0. The summed E-state index contributed by atoms with van der Waals surface area (Å²) in [4.78, 5) is 47.7. The molecule has 53 heavy (non-hydrogen) atoms. The Morgan fingerprint density at radius 2 is 1.23 bits per heavy atom. The van der Waals surface area contributed by atoms with E-state index in [1.807, 2.05) is 48.5 Å². The minimum absolute atomic E-state index is 0.0264. The average molecular weight is 725 g/mol. The minimum atomic E-state index is -0.667. The zero-order chi connectivity index (χ0) is 37.7. The van der Waals surface area contributed by atoms with Crippen LogP contribution in [0.4, 0.5) is 0 Å². The second-order valence-corrected chi connectivity index (χ2v) is 12.5. The largest absolute Gasteiger partial charge is 0.494 e. The number of hydrogen-bond acceptors (Lipinski definition) is 10. The second-order valence-electron chi connectivity index (χ2n) is 12.5. The van der Waals surface area contributed by atoms with E-state index in [0.29, 0.717) is 24.7 Å². The molecule has 1 saturated carbocycles. The van der Waals surface area contributed by atoms with Gasteiger partial charge in [0, 0.05) is 17.7 Å². The maximum atomic E-state index is 12.4. The van der Waals surface area contributed by atoms with Crippen molar-refractivity contribution in [2.45, 2.75) is 70.3 Å². The van der Waals surface area contributed by atoms with Gasteiger partial charge in [-0.2, -0.15) is 0 Å². The van der Waals surface area contributed by atoms with Crippen molar-refractivity contribution in [3.05, 3.63) is 109 Å². The van der Waals surface area contributed by atoms with E-state index in [1.54, 1.807) is 30.3 Å². The summed E-state index contributed by atoms with van der Waals surface area (Å²) in [6, 6.07) is 22.2. The lowest BCUT2D eigenvalue weighted by molar-refractivity contribution is -0.151. The molecule has 10 heteroatoms. The molecular formula is C43H48O10. The zero-order valence-corrected chi connectivity index (χ0v) is 30.1. The third-order valence-corrected chi connectivity index (χ3v) is 8.35. The first kappa shape index (κ1) is 40.1. The molecule has 0 aliphatic heterocycles. The molecule has 0 radical (unpaired) electrons. The van der Waals surface area contributed by atoms with Gasteiger partial charge < -0.3 is 28.4 Å². The lowest BCUT2D eigenvalue weighted by atomic mass is 9.98. The molecule has 280 valence electrons. The second kappa shape index (κ2) is 22.3. The fourth-order valence-corrected chi connectivity index (χ4v) is 5.48. The van der Waals surface area contributed by atoms with Crippen molar-refractivity contribution >= 4 is 30.0 Å². The zero-order valence-electron chi connectivity index (χ0n) is 30.1. The molecule has 1 aliphatic rings. The number of rotatable bonds is 21. The fraction of sp³-hybridized carbons (Fsp3) is 0.349. The summed E-state index contributed by atoms with van der Waals surface area (Å²) in [5.74, 6) is -0.385. The van der Waals surface area contributed by atoms with E-state index >= 15 is 0 Å². The summed E-state index contributed by atoms with van der Waals surface area (Å²) in [6.45, 7) is 8.13. The Bertz CT molecular complexity index is 1670. The van der Waals surface area contributed by atoms with Crippen molar-refractivity contribution in [2.24, 2.45) is 0 Å². The smallest absolute Gasteiger partial charge is 0.336 e. The Balaban J connectivity index is 1.09. The molecule has 0 heterocycles. The van der Waals surface area contributed by atoms with E-state index in [4.69, 9.17) is 28.4 Å². The van der Waals surface area contributed by atoms with Gasteiger partial charge >= 0.3 is 23.9 Å². The van der Waals surface area contributed by atoms with Gasteiger partial charge in [0.1, 0.15) is 36.6 Å². The van der Waals surface area contributed by atoms with Gasteiger partial charge in [0.05, 0.1) is 19.6 Å². The van der Waals surface area contributed by atoms with Crippen molar-refractivity contribution in [1.82, 2.24) is 0 Å². The van der Waals surface area contributed by atoms with Gasteiger partial charge in [-0.25, -0.2) is 14.4 Å². The Morgan fingerprint density at radius 3 is 1.89 bits per heavy atom. The first-order valence-corrected chi connectivity index (χ1v) is 18.1. The van der Waals surface area contributed by atoms with Gasteiger partial charge in [0.25, 0.3) is 0 Å². The van der Waals surface area contributed by atoms with E-state index in [1.165, 1.54) is 12.2 Å². The van der Waals surface area contributed by atoms with Gasteiger partial charge in [0.2, 0.25) is 0 Å². The number of benzene rings is 3. The lowest BCUT2D eigenvalue weighted by Gasteiger charge is -2.21. The van der Waals surface area contributed by atoms with Crippen molar-refractivity contribution in [1.29, 1.82) is 0 Å². The van der Waals surface area contributed by atoms with Crippen LogP contribution in [0.1, 0.15) is 69.8 Å². The molecule has 0 bridgehead atoms. The molecule has 0 amide bonds. The number of carbonyl (C=O) groups excluding carboxylic acids is 4. The van der Waals surface area contributed by atoms with Crippen LogP contribution >= 0.6 is 0 Å². The van der Waals surface area contributed by atoms with E-state index in [9.17, 15) is 19.2 Å². The van der Waals surface area contributed by atoms with Crippen molar-refractivity contribution in [3.63, 3.8) is 0 Å². The standard InChI is InChI=1S/C43H48O10/c1-3-40(44)50-28-10-5-4-9-27-48-36-20-18-35(19-21-36)34-16-13-33(14-17-34)15-26-41(45)52-39-24-22-37(23-25-39)49-29-30-51-43(47)32(2)31-42(46)53-38-11-7-6-8-12-38/h3,13-26,38H,1-2,4-12,27-31H2/b26-15+. The van der Waals surface area contributed by atoms with Crippen LogP contribution in [0.2, 0.25) is 0 Å². The third kappa shape index (κ3) is 15.2. The van der Waals surface area contributed by atoms with Crippen LogP contribution in [0.5, 0.6) is 17.2 Å². The Kier molecular flexibility index (Phi) is 16.9. The van der Waals surface area contributed by atoms with Crippen LogP contribution in [0.15, 0.2) is 104 Å². The maximum Gasteiger partial charge on any atom is 0.336 e. The normalized spacial score (nSPS) is 12.8. The number of esters is 4. The average Bonchev–Trinajstić information content (AvgIpc) is 3.18. The van der Waals surface area contributed by atoms with Gasteiger partial charge in [-0.05, 0) is 111 Å². The van der Waals surface area contributed by atoms with Gasteiger partial charge in [-0.1, -0.05) is 56.0 Å². The molecule has 0 saturated heterocycles. The predicted molar refractivity (Wildman–Crippen MR) is 201 cm³/mol. The highest BCUT2D eigenvalue weighted by molar-refractivity contribution is 5.93. The number of unbranched alkanes of at least 4 members (excludes halogenated alkanes) is 3. The Labute approximate surface area is 311 Å². The first-order chi connectivity index (χ1) is 25.8. The molecule has 0 atom stereocenters. The Hall–Kier alpha value is -5.64. The molecule has 0 aromatic heterocycles. The van der Waals surface area contributed by atoms with Crippen LogP contribution in [0, 0.1) is 0 Å². The van der Waals surface area contributed by atoms with Crippen LogP contribution < -0.4 is 14.2 Å². The lowest BCUT2D eigenvalue weighted by Crippen LogP contribution is -2.22. The molecule has 1 fully saturated rings. The first-order valence-electron chi connectivity index (χ1n) is 18.1. The van der Waals surface area contributed by atoms with E-state index in [2.05, 4.69) is 13.2 Å². The van der Waals surface area contributed by atoms with E-state index in [-0.39, 0.29) is 37.3 Å². The van der Waals surface area contributed by atoms with Crippen molar-refractivity contribution in [3.8, 4) is 28.4 Å². The number of carbonyl (C=O) groups is 4. The quantitative estimate of drug-likeness (QED) is 0.0348. The predicted octanol–water partition coefficient (Wildman–Crippen LogP) is 8.39. The highest BCUT2D eigenvalue weighted by atomic mass is 16.6. The number of hydrogen-bond donors (Lipinski definition) is 0. The highest BCUT2D eigenvalue weighted by Crippen LogP contribution is 2.24. The topological polar surface area (TPSA) is 124 Å². The van der Waals surface area contributed by atoms with Crippen LogP contribution in [0.25, 0.3) is 17.2 Å².